The van der Waals surface area contributed by atoms with Gasteiger partial charge in [0.2, 0.25) is 5.91 Å². The van der Waals surface area contributed by atoms with Crippen molar-refractivity contribution in [3.05, 3.63) is 63.5 Å². The van der Waals surface area contributed by atoms with Gasteiger partial charge in [-0.3, -0.25) is 19.6 Å². The first-order valence-electron chi connectivity index (χ1n) is 7.10. The molecule has 1 amide bonds. The van der Waals surface area contributed by atoms with E-state index in [-0.39, 0.29) is 17.6 Å². The van der Waals surface area contributed by atoms with Gasteiger partial charge in [-0.25, -0.2) is 0 Å². The van der Waals surface area contributed by atoms with E-state index in [2.05, 4.69) is 10.4 Å². The van der Waals surface area contributed by atoms with Crippen LogP contribution in [0.1, 0.15) is 29.8 Å². The smallest absolute Gasteiger partial charge is 0.270 e. The number of carbonyl (C=O) groups is 1. The van der Waals surface area contributed by atoms with Crippen LogP contribution in [-0.4, -0.2) is 20.6 Å². The van der Waals surface area contributed by atoms with Crippen LogP contribution in [0.2, 0.25) is 0 Å². The summed E-state index contributed by atoms with van der Waals surface area (Å²) >= 11 is 0. The number of non-ortho nitro benzene ring substituents is 1. The van der Waals surface area contributed by atoms with Gasteiger partial charge in [0.1, 0.15) is 0 Å². The third-order valence-electron chi connectivity index (χ3n) is 3.38. The molecular formula is C16H18N4O3. The van der Waals surface area contributed by atoms with E-state index in [9.17, 15) is 14.9 Å². The Morgan fingerprint density at radius 1 is 1.48 bits per heavy atom. The third kappa shape index (κ3) is 4.26. The number of aromatic nitrogens is 2. The van der Waals surface area contributed by atoms with E-state index < -0.39 is 4.92 Å². The minimum absolute atomic E-state index is 0.00749. The highest BCUT2D eigenvalue weighted by molar-refractivity contribution is 5.92. The molecule has 2 aromatic rings. The van der Waals surface area contributed by atoms with Gasteiger partial charge in [0.25, 0.3) is 5.69 Å². The fraction of sp³-hybridized carbons (Fsp3) is 0.250. The van der Waals surface area contributed by atoms with E-state index in [4.69, 9.17) is 0 Å². The first-order chi connectivity index (χ1) is 10.9. The summed E-state index contributed by atoms with van der Waals surface area (Å²) < 4.78 is 1.70. The highest BCUT2D eigenvalue weighted by Crippen LogP contribution is 2.16. The molecule has 120 valence electrons. The summed E-state index contributed by atoms with van der Waals surface area (Å²) in [6, 6.07) is 5.93. The van der Waals surface area contributed by atoms with Crippen LogP contribution in [0, 0.1) is 17.0 Å². The first-order valence-corrected chi connectivity index (χ1v) is 7.10. The number of nitro benzene ring substituents is 1. The highest BCUT2D eigenvalue weighted by Gasteiger charge is 2.13. The standard InChI is InChI=1S/C16H18N4O3/c1-11(15-10-19(3)18-12(15)2)17-16(21)8-7-13-5-4-6-14(9-13)20(22)23/h4-11H,1-3H3,(H,17,21)/b8-7+. The van der Waals surface area contributed by atoms with E-state index in [0.29, 0.717) is 5.56 Å². The molecule has 0 aliphatic carbocycles. The zero-order valence-corrected chi connectivity index (χ0v) is 13.2. The summed E-state index contributed by atoms with van der Waals surface area (Å²) in [7, 11) is 1.83. The Morgan fingerprint density at radius 3 is 2.83 bits per heavy atom. The Balaban J connectivity index is 2.03. The number of nitrogens with zero attached hydrogens (tertiary/aromatic N) is 3. The van der Waals surface area contributed by atoms with Gasteiger partial charge in [-0.15, -0.1) is 0 Å². The number of aryl methyl sites for hydroxylation is 2. The third-order valence-corrected chi connectivity index (χ3v) is 3.38. The summed E-state index contributed by atoms with van der Waals surface area (Å²) in [6.07, 6.45) is 4.77. The minimum atomic E-state index is -0.468. The SMILES string of the molecule is Cc1nn(C)cc1C(C)NC(=O)/C=C/c1cccc([N+](=O)[O-])c1. The lowest BCUT2D eigenvalue weighted by atomic mass is 10.1. The van der Waals surface area contributed by atoms with Gasteiger partial charge in [0.15, 0.2) is 0 Å². The molecule has 1 heterocycles. The van der Waals surface area contributed by atoms with Crippen molar-refractivity contribution in [1.82, 2.24) is 15.1 Å². The Morgan fingerprint density at radius 2 is 2.22 bits per heavy atom. The number of amides is 1. The maximum absolute atomic E-state index is 12.0. The summed E-state index contributed by atoms with van der Waals surface area (Å²) in [5.74, 6) is -0.271. The lowest BCUT2D eigenvalue weighted by molar-refractivity contribution is -0.384. The van der Waals surface area contributed by atoms with Crippen molar-refractivity contribution < 1.29 is 9.72 Å². The molecule has 7 nitrogen and oxygen atoms in total. The minimum Gasteiger partial charge on any atom is -0.346 e. The van der Waals surface area contributed by atoms with Crippen molar-refractivity contribution in [2.45, 2.75) is 19.9 Å². The van der Waals surface area contributed by atoms with E-state index in [1.165, 1.54) is 18.2 Å². The van der Waals surface area contributed by atoms with Gasteiger partial charge < -0.3 is 5.32 Å². The lowest BCUT2D eigenvalue weighted by Crippen LogP contribution is -2.24. The molecule has 0 aliphatic rings. The van der Waals surface area contributed by atoms with E-state index in [0.717, 1.165) is 11.3 Å². The average Bonchev–Trinajstić information content (AvgIpc) is 2.84. The fourth-order valence-electron chi connectivity index (χ4n) is 2.30. The lowest BCUT2D eigenvalue weighted by Gasteiger charge is -2.11. The zero-order valence-electron chi connectivity index (χ0n) is 13.2. The zero-order chi connectivity index (χ0) is 17.0. The molecule has 0 radical (unpaired) electrons. The second-order valence-electron chi connectivity index (χ2n) is 5.26. The molecule has 2 rings (SSSR count). The van der Waals surface area contributed by atoms with Gasteiger partial charge in [0, 0.05) is 37.0 Å². The molecule has 1 atom stereocenters. The summed E-state index contributed by atoms with van der Waals surface area (Å²) in [6.45, 7) is 3.76. The topological polar surface area (TPSA) is 90.1 Å². The summed E-state index contributed by atoms with van der Waals surface area (Å²) in [5, 5.41) is 17.8. The van der Waals surface area contributed by atoms with Gasteiger partial charge in [-0.1, -0.05) is 12.1 Å². The molecule has 0 saturated carbocycles. The maximum Gasteiger partial charge on any atom is 0.270 e. The predicted octanol–water partition coefficient (Wildman–Crippen LogP) is 2.53. The van der Waals surface area contributed by atoms with Crippen molar-refractivity contribution in [3.63, 3.8) is 0 Å². The number of rotatable bonds is 5. The van der Waals surface area contributed by atoms with Crippen molar-refractivity contribution in [2.75, 3.05) is 0 Å². The fourth-order valence-corrected chi connectivity index (χ4v) is 2.30. The van der Waals surface area contributed by atoms with Crippen LogP contribution in [0.4, 0.5) is 5.69 Å². The van der Waals surface area contributed by atoms with Gasteiger partial charge in [-0.05, 0) is 25.5 Å². The Hall–Kier alpha value is -2.96. The quantitative estimate of drug-likeness (QED) is 0.521. The first kappa shape index (κ1) is 16.4. The van der Waals surface area contributed by atoms with Crippen LogP contribution in [0.5, 0.6) is 0 Å². The molecule has 1 aromatic carbocycles. The molecule has 1 N–H and O–H groups in total. The number of nitrogens with one attached hydrogen (secondary N) is 1. The Kier molecular flexibility index (Phi) is 4.90. The molecular weight excluding hydrogens is 296 g/mol. The number of benzene rings is 1. The van der Waals surface area contributed by atoms with Gasteiger partial charge >= 0.3 is 0 Å². The monoisotopic (exact) mass is 314 g/mol. The maximum atomic E-state index is 12.0. The van der Waals surface area contributed by atoms with Gasteiger partial charge in [-0.2, -0.15) is 5.10 Å². The van der Waals surface area contributed by atoms with Crippen LogP contribution < -0.4 is 5.32 Å². The van der Waals surface area contributed by atoms with Crippen molar-refractivity contribution in [3.8, 4) is 0 Å². The van der Waals surface area contributed by atoms with Crippen LogP contribution in [0.15, 0.2) is 36.5 Å². The Labute approximate surface area is 133 Å². The molecule has 0 fully saturated rings. The predicted molar refractivity (Wildman–Crippen MR) is 86.6 cm³/mol. The Bertz CT molecular complexity index is 764. The molecule has 0 spiro atoms. The normalized spacial score (nSPS) is 12.3. The number of hydrogen-bond donors (Lipinski definition) is 1. The summed E-state index contributed by atoms with van der Waals surface area (Å²) in [4.78, 5) is 22.2. The number of hydrogen-bond acceptors (Lipinski definition) is 4. The second kappa shape index (κ2) is 6.87. The molecule has 0 bridgehead atoms. The van der Waals surface area contributed by atoms with E-state index >= 15 is 0 Å². The van der Waals surface area contributed by atoms with E-state index in [1.54, 1.807) is 22.9 Å². The number of carbonyl (C=O) groups excluding carboxylic acids is 1. The van der Waals surface area contributed by atoms with Crippen LogP contribution in [-0.2, 0) is 11.8 Å². The van der Waals surface area contributed by atoms with Gasteiger partial charge in [0.05, 0.1) is 16.7 Å². The molecule has 1 aromatic heterocycles. The molecule has 0 aliphatic heterocycles. The van der Waals surface area contributed by atoms with Crippen molar-refractivity contribution in [1.29, 1.82) is 0 Å². The molecule has 23 heavy (non-hydrogen) atoms. The van der Waals surface area contributed by atoms with Crippen molar-refractivity contribution >= 4 is 17.7 Å². The van der Waals surface area contributed by atoms with Crippen molar-refractivity contribution in [2.24, 2.45) is 7.05 Å². The summed E-state index contributed by atoms with van der Waals surface area (Å²) in [5.41, 5.74) is 2.40. The number of nitro groups is 1. The van der Waals surface area contributed by atoms with E-state index in [1.807, 2.05) is 27.1 Å². The largest absolute Gasteiger partial charge is 0.346 e. The molecule has 7 heteroatoms. The van der Waals surface area contributed by atoms with Crippen LogP contribution >= 0.6 is 0 Å². The molecule has 1 unspecified atom stereocenters. The average molecular weight is 314 g/mol. The van der Waals surface area contributed by atoms with Crippen LogP contribution in [0.25, 0.3) is 6.08 Å². The highest BCUT2D eigenvalue weighted by atomic mass is 16.6. The molecule has 0 saturated heterocycles. The van der Waals surface area contributed by atoms with Crippen LogP contribution in [0.3, 0.4) is 0 Å². The second-order valence-corrected chi connectivity index (χ2v) is 5.26.